The maximum absolute atomic E-state index is 11.5. The minimum Gasteiger partial charge on any atom is -0.334 e. The summed E-state index contributed by atoms with van der Waals surface area (Å²) in [7, 11) is 0. The molecule has 0 aliphatic heterocycles. The lowest BCUT2D eigenvalue weighted by Crippen LogP contribution is -2.37. The maximum Gasteiger partial charge on any atom is 0.246 e. The summed E-state index contributed by atoms with van der Waals surface area (Å²) in [6, 6.07) is 0.856. The topological polar surface area (TPSA) is 20.3 Å². The SMILES string of the molecule is C/C=C\C(=O)N(C(C)C)C1CC1. The van der Waals surface area contributed by atoms with E-state index in [2.05, 4.69) is 13.8 Å². The summed E-state index contributed by atoms with van der Waals surface area (Å²) in [6.07, 6.45) is 5.82. The Hall–Kier alpha value is -0.790. The van der Waals surface area contributed by atoms with E-state index in [-0.39, 0.29) is 5.91 Å². The van der Waals surface area contributed by atoms with Crippen molar-refractivity contribution < 1.29 is 4.79 Å². The molecule has 0 spiro atoms. The van der Waals surface area contributed by atoms with Crippen LogP contribution in [-0.2, 0) is 4.79 Å². The Morgan fingerprint density at radius 2 is 2.08 bits per heavy atom. The second-order valence-corrected chi connectivity index (χ2v) is 3.57. The molecule has 1 amide bonds. The average molecular weight is 167 g/mol. The fourth-order valence-corrected chi connectivity index (χ4v) is 1.44. The highest BCUT2D eigenvalue weighted by molar-refractivity contribution is 5.88. The van der Waals surface area contributed by atoms with E-state index in [0.29, 0.717) is 12.1 Å². The Bertz CT molecular complexity index is 190. The van der Waals surface area contributed by atoms with Crippen LogP contribution in [-0.4, -0.2) is 22.9 Å². The summed E-state index contributed by atoms with van der Waals surface area (Å²) in [5.41, 5.74) is 0. The molecule has 0 aromatic rings. The van der Waals surface area contributed by atoms with Gasteiger partial charge in [-0.3, -0.25) is 4.79 Å². The molecule has 1 aliphatic carbocycles. The summed E-state index contributed by atoms with van der Waals surface area (Å²) < 4.78 is 0. The monoisotopic (exact) mass is 167 g/mol. The zero-order valence-corrected chi connectivity index (χ0v) is 8.08. The van der Waals surface area contributed by atoms with E-state index in [1.54, 1.807) is 12.2 Å². The highest BCUT2D eigenvalue weighted by Crippen LogP contribution is 2.28. The van der Waals surface area contributed by atoms with Gasteiger partial charge in [-0.05, 0) is 39.7 Å². The summed E-state index contributed by atoms with van der Waals surface area (Å²) in [5.74, 6) is 0.162. The number of nitrogens with zero attached hydrogens (tertiary/aromatic N) is 1. The van der Waals surface area contributed by atoms with Crippen LogP contribution in [0.25, 0.3) is 0 Å². The molecule has 1 rings (SSSR count). The number of hydrogen-bond donors (Lipinski definition) is 0. The molecule has 0 aromatic heterocycles. The van der Waals surface area contributed by atoms with E-state index in [0.717, 1.165) is 0 Å². The molecule has 0 aromatic carbocycles. The lowest BCUT2D eigenvalue weighted by atomic mass is 10.3. The normalized spacial score (nSPS) is 17.3. The van der Waals surface area contributed by atoms with Crippen LogP contribution < -0.4 is 0 Å². The van der Waals surface area contributed by atoms with E-state index in [4.69, 9.17) is 0 Å². The minimum absolute atomic E-state index is 0.162. The van der Waals surface area contributed by atoms with Crippen molar-refractivity contribution in [1.82, 2.24) is 4.90 Å². The third kappa shape index (κ3) is 2.10. The zero-order chi connectivity index (χ0) is 9.14. The molecule has 0 heterocycles. The first-order valence-electron chi connectivity index (χ1n) is 4.61. The van der Waals surface area contributed by atoms with Gasteiger partial charge in [-0.2, -0.15) is 0 Å². The standard InChI is InChI=1S/C10H17NO/c1-4-5-10(12)11(8(2)3)9-6-7-9/h4-5,8-9H,6-7H2,1-3H3/b5-4-. The van der Waals surface area contributed by atoms with Crippen LogP contribution in [0.2, 0.25) is 0 Å². The third-order valence-corrected chi connectivity index (χ3v) is 2.06. The van der Waals surface area contributed by atoms with Gasteiger partial charge in [0.2, 0.25) is 5.91 Å². The van der Waals surface area contributed by atoms with Gasteiger partial charge < -0.3 is 4.90 Å². The van der Waals surface area contributed by atoms with Crippen LogP contribution in [0.15, 0.2) is 12.2 Å². The van der Waals surface area contributed by atoms with Crippen molar-refractivity contribution in [1.29, 1.82) is 0 Å². The highest BCUT2D eigenvalue weighted by atomic mass is 16.2. The smallest absolute Gasteiger partial charge is 0.246 e. The Morgan fingerprint density at radius 1 is 1.50 bits per heavy atom. The summed E-state index contributed by atoms with van der Waals surface area (Å²) in [4.78, 5) is 13.5. The molecule has 1 fully saturated rings. The molecule has 12 heavy (non-hydrogen) atoms. The van der Waals surface area contributed by atoms with Crippen molar-refractivity contribution in [3.05, 3.63) is 12.2 Å². The fourth-order valence-electron chi connectivity index (χ4n) is 1.44. The van der Waals surface area contributed by atoms with Gasteiger partial charge in [-0.15, -0.1) is 0 Å². The van der Waals surface area contributed by atoms with Crippen molar-refractivity contribution >= 4 is 5.91 Å². The van der Waals surface area contributed by atoms with Gasteiger partial charge in [0.05, 0.1) is 0 Å². The Balaban J connectivity index is 2.58. The Kier molecular flexibility index (Phi) is 2.90. The van der Waals surface area contributed by atoms with Crippen molar-refractivity contribution in [3.63, 3.8) is 0 Å². The van der Waals surface area contributed by atoms with Crippen molar-refractivity contribution in [3.8, 4) is 0 Å². The summed E-state index contributed by atoms with van der Waals surface area (Å²) in [6.45, 7) is 6.02. The number of carbonyl (C=O) groups is 1. The molecule has 68 valence electrons. The van der Waals surface area contributed by atoms with Gasteiger partial charge in [0.15, 0.2) is 0 Å². The number of rotatable bonds is 3. The first kappa shape index (κ1) is 9.30. The molecule has 0 saturated heterocycles. The van der Waals surface area contributed by atoms with Gasteiger partial charge >= 0.3 is 0 Å². The quantitative estimate of drug-likeness (QED) is 0.588. The van der Waals surface area contributed by atoms with Crippen LogP contribution in [0.5, 0.6) is 0 Å². The molecule has 1 aliphatic rings. The van der Waals surface area contributed by atoms with Gasteiger partial charge in [-0.25, -0.2) is 0 Å². The molecule has 1 saturated carbocycles. The molecule has 2 nitrogen and oxygen atoms in total. The highest BCUT2D eigenvalue weighted by Gasteiger charge is 2.32. The molecular formula is C10H17NO. The van der Waals surface area contributed by atoms with E-state index in [1.807, 2.05) is 11.8 Å². The number of carbonyl (C=O) groups excluding carboxylic acids is 1. The molecule has 0 radical (unpaired) electrons. The zero-order valence-electron chi connectivity index (χ0n) is 8.08. The van der Waals surface area contributed by atoms with E-state index >= 15 is 0 Å². The van der Waals surface area contributed by atoms with E-state index in [1.165, 1.54) is 12.8 Å². The fraction of sp³-hybridized carbons (Fsp3) is 0.700. The first-order chi connectivity index (χ1) is 5.66. The maximum atomic E-state index is 11.5. The summed E-state index contributed by atoms with van der Waals surface area (Å²) in [5, 5.41) is 0. The van der Waals surface area contributed by atoms with Crippen LogP contribution >= 0.6 is 0 Å². The van der Waals surface area contributed by atoms with E-state index in [9.17, 15) is 4.79 Å². The Morgan fingerprint density at radius 3 is 2.42 bits per heavy atom. The predicted molar refractivity (Wildman–Crippen MR) is 49.8 cm³/mol. The Labute approximate surface area is 74.2 Å². The molecule has 0 unspecified atom stereocenters. The molecule has 0 bridgehead atoms. The number of allylic oxidation sites excluding steroid dienone is 1. The molecule has 0 N–H and O–H groups in total. The third-order valence-electron chi connectivity index (χ3n) is 2.06. The number of amides is 1. The van der Waals surface area contributed by atoms with Gasteiger partial charge in [0.25, 0.3) is 0 Å². The average Bonchev–Trinajstić information content (AvgIpc) is 2.71. The second kappa shape index (κ2) is 3.74. The predicted octanol–water partition coefficient (Wildman–Crippen LogP) is 1.96. The first-order valence-corrected chi connectivity index (χ1v) is 4.61. The van der Waals surface area contributed by atoms with Crippen LogP contribution in [0.4, 0.5) is 0 Å². The second-order valence-electron chi connectivity index (χ2n) is 3.57. The molecule has 2 heteroatoms. The number of hydrogen-bond acceptors (Lipinski definition) is 1. The van der Waals surface area contributed by atoms with Crippen LogP contribution in [0.1, 0.15) is 33.6 Å². The van der Waals surface area contributed by atoms with Gasteiger partial charge in [0, 0.05) is 12.1 Å². The van der Waals surface area contributed by atoms with Gasteiger partial charge in [0.1, 0.15) is 0 Å². The van der Waals surface area contributed by atoms with Crippen molar-refractivity contribution in [2.45, 2.75) is 45.7 Å². The molecule has 0 atom stereocenters. The van der Waals surface area contributed by atoms with Crippen LogP contribution in [0, 0.1) is 0 Å². The van der Waals surface area contributed by atoms with Crippen molar-refractivity contribution in [2.75, 3.05) is 0 Å². The van der Waals surface area contributed by atoms with Crippen LogP contribution in [0.3, 0.4) is 0 Å². The largest absolute Gasteiger partial charge is 0.334 e. The lowest BCUT2D eigenvalue weighted by molar-refractivity contribution is -0.128. The van der Waals surface area contributed by atoms with Crippen molar-refractivity contribution in [2.24, 2.45) is 0 Å². The summed E-state index contributed by atoms with van der Waals surface area (Å²) >= 11 is 0. The minimum atomic E-state index is 0.162. The van der Waals surface area contributed by atoms with Gasteiger partial charge in [-0.1, -0.05) is 6.08 Å². The lowest BCUT2D eigenvalue weighted by Gasteiger charge is -2.25. The molecular weight excluding hydrogens is 150 g/mol. The van der Waals surface area contributed by atoms with E-state index < -0.39 is 0 Å².